The van der Waals surface area contributed by atoms with E-state index in [2.05, 4.69) is 10.1 Å². The Morgan fingerprint density at radius 1 is 1.24 bits per heavy atom. The molecule has 1 aromatic carbocycles. The highest BCUT2D eigenvalue weighted by Gasteiger charge is 2.40. The summed E-state index contributed by atoms with van der Waals surface area (Å²) in [6.45, 7) is -2.06. The van der Waals surface area contributed by atoms with Crippen LogP contribution >= 0.6 is 0 Å². The van der Waals surface area contributed by atoms with Crippen molar-refractivity contribution in [3.05, 3.63) is 29.8 Å². The van der Waals surface area contributed by atoms with Crippen molar-refractivity contribution in [2.75, 3.05) is 19.8 Å². The SMILES string of the molecule is O=C(CCc1ccc(OC(F)F)cc1)NCC1(C(=O)O)CCOCC1. The summed E-state index contributed by atoms with van der Waals surface area (Å²) in [6, 6.07) is 6.06. The van der Waals surface area contributed by atoms with E-state index in [0.29, 0.717) is 32.5 Å². The van der Waals surface area contributed by atoms with Crippen LogP contribution in [-0.4, -0.2) is 43.4 Å². The Hall–Kier alpha value is -2.22. The van der Waals surface area contributed by atoms with Crippen molar-refractivity contribution in [2.24, 2.45) is 5.41 Å². The van der Waals surface area contributed by atoms with Crippen LogP contribution in [0.4, 0.5) is 8.78 Å². The minimum absolute atomic E-state index is 0.0612. The number of hydrogen-bond acceptors (Lipinski definition) is 4. The van der Waals surface area contributed by atoms with Crippen molar-refractivity contribution in [1.82, 2.24) is 5.32 Å². The Kier molecular flexibility index (Phi) is 6.69. The van der Waals surface area contributed by atoms with Gasteiger partial charge in [-0.25, -0.2) is 0 Å². The van der Waals surface area contributed by atoms with Crippen LogP contribution in [0.5, 0.6) is 5.75 Å². The van der Waals surface area contributed by atoms with Gasteiger partial charge in [-0.1, -0.05) is 12.1 Å². The molecule has 2 rings (SSSR count). The number of benzene rings is 1. The van der Waals surface area contributed by atoms with Gasteiger partial charge in [0.05, 0.1) is 5.41 Å². The van der Waals surface area contributed by atoms with Crippen LogP contribution < -0.4 is 10.1 Å². The van der Waals surface area contributed by atoms with Gasteiger partial charge in [0.2, 0.25) is 5.91 Å². The molecule has 1 aromatic rings. The van der Waals surface area contributed by atoms with Gasteiger partial charge in [-0.2, -0.15) is 8.78 Å². The molecular formula is C17H21F2NO5. The number of rotatable bonds is 8. The van der Waals surface area contributed by atoms with E-state index in [-0.39, 0.29) is 24.6 Å². The van der Waals surface area contributed by atoms with E-state index in [1.165, 1.54) is 12.1 Å². The topological polar surface area (TPSA) is 84.9 Å². The van der Waals surface area contributed by atoms with Gasteiger partial charge in [0.15, 0.2) is 0 Å². The summed E-state index contributed by atoms with van der Waals surface area (Å²) in [5.74, 6) is -1.11. The first-order chi connectivity index (χ1) is 11.9. The number of aryl methyl sites for hydroxylation is 1. The van der Waals surface area contributed by atoms with Gasteiger partial charge in [0.1, 0.15) is 5.75 Å². The Labute approximate surface area is 144 Å². The molecule has 1 saturated heterocycles. The molecule has 0 bridgehead atoms. The maximum Gasteiger partial charge on any atom is 0.387 e. The predicted octanol–water partition coefficient (Wildman–Crippen LogP) is 2.22. The number of carboxylic acids is 1. The highest BCUT2D eigenvalue weighted by atomic mass is 19.3. The van der Waals surface area contributed by atoms with Crippen LogP contribution in [0.3, 0.4) is 0 Å². The Balaban J connectivity index is 1.79. The van der Waals surface area contributed by atoms with E-state index < -0.39 is 18.0 Å². The number of hydrogen-bond donors (Lipinski definition) is 2. The number of amides is 1. The van der Waals surface area contributed by atoms with Crippen LogP contribution in [0.1, 0.15) is 24.8 Å². The lowest BCUT2D eigenvalue weighted by Crippen LogP contribution is -2.46. The highest BCUT2D eigenvalue weighted by Crippen LogP contribution is 2.30. The maximum atomic E-state index is 12.1. The summed E-state index contributed by atoms with van der Waals surface area (Å²) in [7, 11) is 0. The molecule has 0 aliphatic carbocycles. The number of carbonyl (C=O) groups is 2. The largest absolute Gasteiger partial charge is 0.481 e. The van der Waals surface area contributed by atoms with E-state index in [1.54, 1.807) is 12.1 Å². The summed E-state index contributed by atoms with van der Waals surface area (Å²) < 4.78 is 33.6. The number of alkyl halides is 2. The lowest BCUT2D eigenvalue weighted by atomic mass is 9.80. The molecule has 1 heterocycles. The Morgan fingerprint density at radius 3 is 2.44 bits per heavy atom. The average Bonchev–Trinajstić information content (AvgIpc) is 2.59. The fraction of sp³-hybridized carbons (Fsp3) is 0.529. The van der Waals surface area contributed by atoms with Gasteiger partial charge in [-0.3, -0.25) is 9.59 Å². The fourth-order valence-electron chi connectivity index (χ4n) is 2.68. The molecule has 25 heavy (non-hydrogen) atoms. The van der Waals surface area contributed by atoms with Gasteiger partial charge >= 0.3 is 12.6 Å². The third kappa shape index (κ3) is 5.67. The minimum Gasteiger partial charge on any atom is -0.481 e. The van der Waals surface area contributed by atoms with Crippen molar-refractivity contribution in [1.29, 1.82) is 0 Å². The van der Waals surface area contributed by atoms with Crippen LogP contribution in [-0.2, 0) is 20.7 Å². The molecule has 8 heteroatoms. The van der Waals surface area contributed by atoms with E-state index in [4.69, 9.17) is 4.74 Å². The van der Waals surface area contributed by atoms with Crippen molar-refractivity contribution in [3.63, 3.8) is 0 Å². The number of carboxylic acid groups (broad SMARTS) is 1. The number of carbonyl (C=O) groups excluding carboxylic acids is 1. The lowest BCUT2D eigenvalue weighted by molar-refractivity contribution is -0.154. The van der Waals surface area contributed by atoms with E-state index >= 15 is 0 Å². The zero-order chi connectivity index (χ0) is 18.3. The summed E-state index contributed by atoms with van der Waals surface area (Å²) in [5.41, 5.74) is -0.168. The molecule has 138 valence electrons. The third-order valence-electron chi connectivity index (χ3n) is 4.32. The standard InChI is InChI=1S/C17H21F2NO5/c18-16(19)25-13-4-1-12(2-5-13)3-6-14(21)20-11-17(15(22)23)7-9-24-10-8-17/h1-2,4-5,16H,3,6-11H2,(H,20,21)(H,22,23). The number of ether oxygens (including phenoxy) is 2. The van der Waals surface area contributed by atoms with Crippen LogP contribution in [0.2, 0.25) is 0 Å². The molecule has 1 aliphatic rings. The zero-order valence-electron chi connectivity index (χ0n) is 13.7. The molecule has 0 atom stereocenters. The predicted molar refractivity (Wildman–Crippen MR) is 84.5 cm³/mol. The van der Waals surface area contributed by atoms with Gasteiger partial charge in [0, 0.05) is 26.2 Å². The molecular weight excluding hydrogens is 336 g/mol. The molecule has 0 unspecified atom stereocenters. The van der Waals surface area contributed by atoms with Crippen molar-refractivity contribution in [2.45, 2.75) is 32.3 Å². The molecule has 0 saturated carbocycles. The van der Waals surface area contributed by atoms with Crippen LogP contribution in [0.15, 0.2) is 24.3 Å². The molecule has 1 fully saturated rings. The van der Waals surface area contributed by atoms with Crippen molar-refractivity contribution >= 4 is 11.9 Å². The van der Waals surface area contributed by atoms with Gasteiger partial charge in [-0.05, 0) is 37.0 Å². The Bertz CT molecular complexity index is 585. The molecule has 0 aromatic heterocycles. The lowest BCUT2D eigenvalue weighted by Gasteiger charge is -2.33. The fourth-order valence-corrected chi connectivity index (χ4v) is 2.68. The second-order valence-electron chi connectivity index (χ2n) is 6.00. The molecule has 0 spiro atoms. The second-order valence-corrected chi connectivity index (χ2v) is 6.00. The normalized spacial score (nSPS) is 16.4. The van der Waals surface area contributed by atoms with Gasteiger partial charge in [-0.15, -0.1) is 0 Å². The number of aliphatic carboxylic acids is 1. The molecule has 2 N–H and O–H groups in total. The molecule has 1 aliphatic heterocycles. The van der Waals surface area contributed by atoms with Crippen LogP contribution in [0, 0.1) is 5.41 Å². The van der Waals surface area contributed by atoms with Gasteiger partial charge in [0.25, 0.3) is 0 Å². The third-order valence-corrected chi connectivity index (χ3v) is 4.32. The smallest absolute Gasteiger partial charge is 0.387 e. The summed E-state index contributed by atoms with van der Waals surface area (Å²) in [4.78, 5) is 23.5. The first-order valence-electron chi connectivity index (χ1n) is 8.03. The average molecular weight is 357 g/mol. The number of halogens is 2. The maximum absolute atomic E-state index is 12.1. The number of nitrogens with one attached hydrogen (secondary N) is 1. The summed E-state index contributed by atoms with van der Waals surface area (Å²) in [6.07, 6.45) is 1.34. The molecule has 6 nitrogen and oxygen atoms in total. The van der Waals surface area contributed by atoms with E-state index in [1.807, 2.05) is 0 Å². The quantitative estimate of drug-likeness (QED) is 0.745. The minimum atomic E-state index is -2.87. The van der Waals surface area contributed by atoms with Crippen LogP contribution in [0.25, 0.3) is 0 Å². The summed E-state index contributed by atoms with van der Waals surface area (Å²) >= 11 is 0. The van der Waals surface area contributed by atoms with E-state index in [0.717, 1.165) is 5.56 Å². The van der Waals surface area contributed by atoms with E-state index in [9.17, 15) is 23.5 Å². The molecule has 0 radical (unpaired) electrons. The molecule has 1 amide bonds. The second kappa shape index (κ2) is 8.75. The first kappa shape index (κ1) is 19.1. The monoisotopic (exact) mass is 357 g/mol. The van der Waals surface area contributed by atoms with Crippen molar-refractivity contribution < 1.29 is 33.0 Å². The zero-order valence-corrected chi connectivity index (χ0v) is 13.7. The summed E-state index contributed by atoms with van der Waals surface area (Å²) in [5, 5.41) is 12.1. The Morgan fingerprint density at radius 2 is 1.88 bits per heavy atom. The highest BCUT2D eigenvalue weighted by molar-refractivity contribution is 5.79. The van der Waals surface area contributed by atoms with Gasteiger partial charge < -0.3 is 19.9 Å². The first-order valence-corrected chi connectivity index (χ1v) is 8.03. The van der Waals surface area contributed by atoms with Crippen molar-refractivity contribution in [3.8, 4) is 5.75 Å².